The number of aromatic nitrogens is 2. The van der Waals surface area contributed by atoms with E-state index in [9.17, 15) is 4.79 Å². The molecule has 0 N–H and O–H groups in total. The topological polar surface area (TPSA) is 58.7 Å². The average molecular weight is 260 g/mol. The van der Waals surface area contributed by atoms with E-state index < -0.39 is 0 Å². The molecule has 0 spiro atoms. The summed E-state index contributed by atoms with van der Waals surface area (Å²) in [5, 5.41) is 9.19. The second-order valence-electron chi connectivity index (χ2n) is 3.88. The molecule has 90 valence electrons. The van der Waals surface area contributed by atoms with E-state index in [1.165, 1.54) is 10.9 Å². The Bertz CT molecular complexity index is 685. The molecule has 0 bridgehead atoms. The third-order valence-corrected chi connectivity index (χ3v) is 3.00. The van der Waals surface area contributed by atoms with Crippen molar-refractivity contribution in [2.24, 2.45) is 7.05 Å². The van der Waals surface area contributed by atoms with Crippen LogP contribution in [0, 0.1) is 11.3 Å². The van der Waals surface area contributed by atoms with Gasteiger partial charge in [0.25, 0.3) is 5.56 Å². The maximum atomic E-state index is 11.9. The van der Waals surface area contributed by atoms with Crippen LogP contribution in [0.15, 0.2) is 35.4 Å². The number of aryl methyl sites for hydroxylation is 1. The van der Waals surface area contributed by atoms with Crippen molar-refractivity contribution >= 4 is 11.6 Å². The first-order valence-electron chi connectivity index (χ1n) is 5.31. The van der Waals surface area contributed by atoms with Gasteiger partial charge in [0.05, 0.1) is 23.5 Å². The highest BCUT2D eigenvalue weighted by molar-refractivity contribution is 6.30. The third kappa shape index (κ3) is 2.27. The average Bonchev–Trinajstić information content (AvgIpc) is 2.39. The molecule has 1 aromatic carbocycles. The molecule has 0 amide bonds. The smallest absolute Gasteiger partial charge is 0.258 e. The molecule has 0 atom stereocenters. The van der Waals surface area contributed by atoms with Crippen molar-refractivity contribution in [2.75, 3.05) is 0 Å². The first kappa shape index (κ1) is 12.3. The summed E-state index contributed by atoms with van der Waals surface area (Å²) in [6.07, 6.45) is 1.69. The van der Waals surface area contributed by atoms with E-state index in [1.807, 2.05) is 6.07 Å². The lowest BCUT2D eigenvalue weighted by Gasteiger charge is -2.06. The number of hydrogen-bond donors (Lipinski definition) is 0. The lowest BCUT2D eigenvalue weighted by atomic mass is 10.0. The summed E-state index contributed by atoms with van der Waals surface area (Å²) >= 11 is 5.94. The number of hydrogen-bond acceptors (Lipinski definition) is 3. The summed E-state index contributed by atoms with van der Waals surface area (Å²) in [6.45, 7) is 0. The van der Waals surface area contributed by atoms with Crippen LogP contribution in [0.1, 0.15) is 16.7 Å². The Morgan fingerprint density at radius 2 is 2.17 bits per heavy atom. The van der Waals surface area contributed by atoms with Crippen LogP contribution in [0.2, 0.25) is 5.15 Å². The highest BCUT2D eigenvalue weighted by Gasteiger charge is 2.11. The highest BCUT2D eigenvalue weighted by Crippen LogP contribution is 2.15. The first-order valence-corrected chi connectivity index (χ1v) is 5.69. The van der Waals surface area contributed by atoms with Gasteiger partial charge in [0, 0.05) is 13.5 Å². The number of halogens is 1. The molecule has 18 heavy (non-hydrogen) atoms. The lowest BCUT2D eigenvalue weighted by molar-refractivity contribution is 0.803. The monoisotopic (exact) mass is 259 g/mol. The standard InChI is InChI=1S/C13H10ClN3O/c1-17-8-16-12(14)11(13(17)18)6-9-4-2-3-5-10(9)7-15/h2-5,8H,6H2,1H3. The van der Waals surface area contributed by atoms with Gasteiger partial charge in [-0.25, -0.2) is 4.98 Å². The van der Waals surface area contributed by atoms with E-state index in [1.54, 1.807) is 25.2 Å². The lowest BCUT2D eigenvalue weighted by Crippen LogP contribution is -2.22. The first-order chi connectivity index (χ1) is 8.63. The van der Waals surface area contributed by atoms with E-state index in [-0.39, 0.29) is 10.7 Å². The molecule has 0 aliphatic heterocycles. The molecule has 0 aliphatic carbocycles. The Labute approximate surface area is 109 Å². The van der Waals surface area contributed by atoms with Crippen LogP contribution in [0.25, 0.3) is 0 Å². The number of nitrogens with zero attached hydrogens (tertiary/aromatic N) is 3. The second-order valence-corrected chi connectivity index (χ2v) is 4.23. The maximum absolute atomic E-state index is 11.9. The summed E-state index contributed by atoms with van der Waals surface area (Å²) in [7, 11) is 1.62. The fourth-order valence-electron chi connectivity index (χ4n) is 1.69. The molecule has 0 saturated carbocycles. The van der Waals surface area contributed by atoms with Gasteiger partial charge in [0.1, 0.15) is 5.15 Å². The summed E-state index contributed by atoms with van der Waals surface area (Å²) in [5.74, 6) is 0. The molecule has 0 aliphatic rings. The minimum atomic E-state index is -0.192. The van der Waals surface area contributed by atoms with Crippen LogP contribution in [-0.2, 0) is 13.5 Å². The van der Waals surface area contributed by atoms with Crippen molar-refractivity contribution in [3.63, 3.8) is 0 Å². The van der Waals surface area contributed by atoms with E-state index >= 15 is 0 Å². The summed E-state index contributed by atoms with van der Waals surface area (Å²) < 4.78 is 1.37. The number of rotatable bonds is 2. The van der Waals surface area contributed by atoms with E-state index in [0.717, 1.165) is 5.56 Å². The van der Waals surface area contributed by atoms with E-state index in [0.29, 0.717) is 17.5 Å². The molecular formula is C13H10ClN3O. The van der Waals surface area contributed by atoms with Gasteiger partial charge in [-0.3, -0.25) is 4.79 Å². The molecule has 1 heterocycles. The number of nitriles is 1. The zero-order chi connectivity index (χ0) is 13.1. The Balaban J connectivity index is 2.51. The van der Waals surface area contributed by atoms with Crippen LogP contribution in [0.3, 0.4) is 0 Å². The third-order valence-electron chi connectivity index (χ3n) is 2.68. The van der Waals surface area contributed by atoms with Gasteiger partial charge < -0.3 is 4.57 Å². The summed E-state index contributed by atoms with van der Waals surface area (Å²) in [5.41, 5.74) is 1.53. The van der Waals surface area contributed by atoms with E-state index in [2.05, 4.69) is 11.1 Å². The molecule has 4 nitrogen and oxygen atoms in total. The van der Waals surface area contributed by atoms with Crippen LogP contribution in [-0.4, -0.2) is 9.55 Å². The van der Waals surface area contributed by atoms with E-state index in [4.69, 9.17) is 16.9 Å². The zero-order valence-electron chi connectivity index (χ0n) is 9.72. The molecule has 0 saturated heterocycles. The van der Waals surface area contributed by atoms with Gasteiger partial charge in [-0.15, -0.1) is 0 Å². The highest BCUT2D eigenvalue weighted by atomic mass is 35.5. The van der Waals surface area contributed by atoms with Crippen LogP contribution >= 0.6 is 11.6 Å². The quantitative estimate of drug-likeness (QED) is 0.774. The molecular weight excluding hydrogens is 250 g/mol. The van der Waals surface area contributed by atoms with Crippen molar-refractivity contribution in [1.29, 1.82) is 5.26 Å². The molecule has 0 radical (unpaired) electrons. The van der Waals surface area contributed by atoms with Crippen LogP contribution in [0.4, 0.5) is 0 Å². The van der Waals surface area contributed by atoms with Crippen LogP contribution < -0.4 is 5.56 Å². The Morgan fingerprint density at radius 1 is 1.44 bits per heavy atom. The number of benzene rings is 1. The predicted molar refractivity (Wildman–Crippen MR) is 68.5 cm³/mol. The maximum Gasteiger partial charge on any atom is 0.258 e. The molecule has 1 aromatic heterocycles. The fourth-order valence-corrected chi connectivity index (χ4v) is 1.88. The predicted octanol–water partition coefficient (Wildman–Crippen LogP) is 1.90. The summed E-state index contributed by atoms with van der Waals surface area (Å²) in [4.78, 5) is 15.9. The minimum absolute atomic E-state index is 0.186. The van der Waals surface area contributed by atoms with Crippen LogP contribution in [0.5, 0.6) is 0 Å². The molecule has 0 unspecified atom stereocenters. The van der Waals surface area contributed by atoms with Gasteiger partial charge in [0.15, 0.2) is 0 Å². The van der Waals surface area contributed by atoms with Gasteiger partial charge in [-0.05, 0) is 11.6 Å². The van der Waals surface area contributed by atoms with Gasteiger partial charge >= 0.3 is 0 Å². The zero-order valence-corrected chi connectivity index (χ0v) is 10.5. The molecule has 5 heteroatoms. The Kier molecular flexibility index (Phi) is 3.45. The van der Waals surface area contributed by atoms with Crippen molar-refractivity contribution in [3.05, 3.63) is 62.8 Å². The fraction of sp³-hybridized carbons (Fsp3) is 0.154. The molecule has 2 rings (SSSR count). The SMILES string of the molecule is Cn1cnc(Cl)c(Cc2ccccc2C#N)c1=O. The minimum Gasteiger partial charge on any atom is -0.302 e. The van der Waals surface area contributed by atoms with Gasteiger partial charge in [-0.2, -0.15) is 5.26 Å². The van der Waals surface area contributed by atoms with Crippen molar-refractivity contribution < 1.29 is 0 Å². The van der Waals surface area contributed by atoms with Gasteiger partial charge in [-0.1, -0.05) is 29.8 Å². The van der Waals surface area contributed by atoms with Crippen molar-refractivity contribution in [1.82, 2.24) is 9.55 Å². The Morgan fingerprint density at radius 3 is 2.89 bits per heavy atom. The summed E-state index contributed by atoms with van der Waals surface area (Å²) in [6, 6.07) is 9.22. The Hall–Kier alpha value is -2.12. The largest absolute Gasteiger partial charge is 0.302 e. The van der Waals surface area contributed by atoms with Crippen molar-refractivity contribution in [2.45, 2.75) is 6.42 Å². The van der Waals surface area contributed by atoms with Gasteiger partial charge in [0.2, 0.25) is 0 Å². The van der Waals surface area contributed by atoms with Crippen molar-refractivity contribution in [3.8, 4) is 6.07 Å². The molecule has 2 aromatic rings. The molecule has 0 fully saturated rings. The normalized spacial score (nSPS) is 10.1. The second kappa shape index (κ2) is 5.03.